The number of aldehydes is 1. The second-order valence-corrected chi connectivity index (χ2v) is 9.06. The van der Waals surface area contributed by atoms with Crippen LogP contribution in [0.25, 0.3) is 10.9 Å². The molecule has 0 spiro atoms. The highest BCUT2D eigenvalue weighted by molar-refractivity contribution is 7.89. The van der Waals surface area contributed by atoms with Crippen molar-refractivity contribution in [3.63, 3.8) is 0 Å². The lowest BCUT2D eigenvalue weighted by Gasteiger charge is -2.29. The normalized spacial score (nSPS) is 16.6. The molecule has 7 heteroatoms. The summed E-state index contributed by atoms with van der Waals surface area (Å²) < 4.78 is 27.6. The standard InChI is InChI=1S/C20H27N3O3S/c1-4-22(5-2)20-12-16(14-24)18-13-17(6-7-19(18)21-20)27(25,26)23-10-8-15(3)9-11-23/h6-7,12-15H,4-5,8-11H2,1-3H3. The van der Waals surface area contributed by atoms with Gasteiger partial charge in [-0.1, -0.05) is 6.92 Å². The molecule has 1 aromatic carbocycles. The van der Waals surface area contributed by atoms with Crippen LogP contribution in [-0.2, 0) is 10.0 Å². The van der Waals surface area contributed by atoms with Crippen LogP contribution < -0.4 is 4.90 Å². The quantitative estimate of drug-likeness (QED) is 0.709. The zero-order chi connectivity index (χ0) is 19.6. The number of pyridine rings is 1. The number of carbonyl (C=O) groups is 1. The number of fused-ring (bicyclic) bond motifs is 1. The summed E-state index contributed by atoms with van der Waals surface area (Å²) in [6.45, 7) is 8.87. The van der Waals surface area contributed by atoms with Gasteiger partial charge in [0.05, 0.1) is 10.4 Å². The molecule has 0 saturated carbocycles. The molecule has 3 rings (SSSR count). The molecule has 146 valence electrons. The van der Waals surface area contributed by atoms with Gasteiger partial charge in [0.1, 0.15) is 5.82 Å². The first-order valence-electron chi connectivity index (χ1n) is 9.55. The minimum Gasteiger partial charge on any atom is -0.357 e. The van der Waals surface area contributed by atoms with E-state index in [1.54, 1.807) is 28.6 Å². The van der Waals surface area contributed by atoms with Crippen molar-refractivity contribution in [3.05, 3.63) is 29.8 Å². The number of nitrogens with zero attached hydrogens (tertiary/aromatic N) is 3. The van der Waals surface area contributed by atoms with Crippen LogP contribution in [0.3, 0.4) is 0 Å². The molecule has 0 N–H and O–H groups in total. The van der Waals surface area contributed by atoms with Gasteiger partial charge in [-0.25, -0.2) is 13.4 Å². The molecular formula is C20H27N3O3S. The average molecular weight is 390 g/mol. The van der Waals surface area contributed by atoms with E-state index in [1.165, 1.54) is 0 Å². The van der Waals surface area contributed by atoms with E-state index in [-0.39, 0.29) is 4.90 Å². The van der Waals surface area contributed by atoms with Gasteiger partial charge < -0.3 is 4.90 Å². The lowest BCUT2D eigenvalue weighted by atomic mass is 10.0. The zero-order valence-electron chi connectivity index (χ0n) is 16.2. The summed E-state index contributed by atoms with van der Waals surface area (Å²) in [5.74, 6) is 1.28. The smallest absolute Gasteiger partial charge is 0.243 e. The van der Waals surface area contributed by atoms with Crippen molar-refractivity contribution in [2.45, 2.75) is 38.5 Å². The molecule has 1 aliphatic rings. The van der Waals surface area contributed by atoms with E-state index in [0.29, 0.717) is 35.5 Å². The number of hydrogen-bond acceptors (Lipinski definition) is 5. The molecule has 0 amide bonds. The molecule has 6 nitrogen and oxygen atoms in total. The van der Waals surface area contributed by atoms with E-state index >= 15 is 0 Å². The minimum atomic E-state index is -3.56. The monoisotopic (exact) mass is 389 g/mol. The van der Waals surface area contributed by atoms with Crippen molar-refractivity contribution in [2.75, 3.05) is 31.1 Å². The van der Waals surface area contributed by atoms with Crippen LogP contribution in [0.5, 0.6) is 0 Å². The Morgan fingerprint density at radius 3 is 2.44 bits per heavy atom. The summed E-state index contributed by atoms with van der Waals surface area (Å²) in [7, 11) is -3.56. The third-order valence-electron chi connectivity index (χ3n) is 5.39. The van der Waals surface area contributed by atoms with Crippen molar-refractivity contribution >= 4 is 33.0 Å². The van der Waals surface area contributed by atoms with Gasteiger partial charge in [0, 0.05) is 37.1 Å². The number of benzene rings is 1. The molecule has 0 radical (unpaired) electrons. The molecule has 1 aliphatic heterocycles. The molecule has 0 bridgehead atoms. The van der Waals surface area contributed by atoms with Gasteiger partial charge in [0.25, 0.3) is 0 Å². The Kier molecular flexibility index (Phi) is 5.81. The number of anilines is 1. The summed E-state index contributed by atoms with van der Waals surface area (Å²) in [4.78, 5) is 18.6. The van der Waals surface area contributed by atoms with Crippen LogP contribution in [0.2, 0.25) is 0 Å². The number of piperidine rings is 1. The Labute approximate surface area is 161 Å². The summed E-state index contributed by atoms with van der Waals surface area (Å²) >= 11 is 0. The fraction of sp³-hybridized carbons (Fsp3) is 0.500. The Morgan fingerprint density at radius 2 is 1.85 bits per heavy atom. The fourth-order valence-corrected chi connectivity index (χ4v) is 5.05. The van der Waals surface area contributed by atoms with Gasteiger partial charge in [-0.05, 0) is 56.9 Å². The second-order valence-electron chi connectivity index (χ2n) is 7.13. The largest absolute Gasteiger partial charge is 0.357 e. The van der Waals surface area contributed by atoms with Crippen LogP contribution in [0.15, 0.2) is 29.2 Å². The van der Waals surface area contributed by atoms with Crippen LogP contribution in [0, 0.1) is 5.92 Å². The van der Waals surface area contributed by atoms with E-state index in [1.807, 2.05) is 13.8 Å². The van der Waals surface area contributed by atoms with E-state index in [9.17, 15) is 13.2 Å². The topological polar surface area (TPSA) is 70.6 Å². The molecule has 1 fully saturated rings. The number of hydrogen-bond donors (Lipinski definition) is 0. The van der Waals surface area contributed by atoms with E-state index in [0.717, 1.165) is 38.0 Å². The van der Waals surface area contributed by atoms with Gasteiger partial charge >= 0.3 is 0 Å². The average Bonchev–Trinajstić information content (AvgIpc) is 2.68. The van der Waals surface area contributed by atoms with Crippen LogP contribution in [0.4, 0.5) is 5.82 Å². The Bertz CT molecular complexity index is 931. The molecule has 2 heterocycles. The summed E-state index contributed by atoms with van der Waals surface area (Å²) in [6.07, 6.45) is 2.53. The van der Waals surface area contributed by atoms with Gasteiger partial charge in [-0.3, -0.25) is 4.79 Å². The Morgan fingerprint density at radius 1 is 1.19 bits per heavy atom. The fourth-order valence-electron chi connectivity index (χ4n) is 3.56. The maximum Gasteiger partial charge on any atom is 0.243 e. The van der Waals surface area contributed by atoms with Crippen molar-refractivity contribution in [3.8, 4) is 0 Å². The zero-order valence-corrected chi connectivity index (χ0v) is 17.0. The lowest BCUT2D eigenvalue weighted by molar-refractivity contribution is 0.112. The van der Waals surface area contributed by atoms with Gasteiger partial charge in [0.2, 0.25) is 10.0 Å². The molecule has 1 saturated heterocycles. The molecule has 0 unspecified atom stereocenters. The Balaban J connectivity index is 2.04. The first kappa shape index (κ1) is 19.8. The van der Waals surface area contributed by atoms with E-state index < -0.39 is 10.0 Å². The minimum absolute atomic E-state index is 0.227. The summed E-state index contributed by atoms with van der Waals surface area (Å²) in [6, 6.07) is 6.63. The van der Waals surface area contributed by atoms with Crippen LogP contribution in [0.1, 0.15) is 44.0 Å². The van der Waals surface area contributed by atoms with Crippen molar-refractivity contribution < 1.29 is 13.2 Å². The highest BCUT2D eigenvalue weighted by atomic mass is 32.2. The maximum atomic E-state index is 13.0. The predicted octanol–water partition coefficient (Wildman–Crippen LogP) is 3.31. The second kappa shape index (κ2) is 7.94. The molecule has 1 aromatic heterocycles. The maximum absolute atomic E-state index is 13.0. The third kappa shape index (κ3) is 3.84. The van der Waals surface area contributed by atoms with Gasteiger partial charge in [-0.2, -0.15) is 4.31 Å². The van der Waals surface area contributed by atoms with Crippen molar-refractivity contribution in [2.24, 2.45) is 5.92 Å². The first-order valence-corrected chi connectivity index (χ1v) is 11.0. The first-order chi connectivity index (χ1) is 12.9. The SMILES string of the molecule is CCN(CC)c1cc(C=O)c2cc(S(=O)(=O)N3CCC(C)CC3)ccc2n1. The van der Waals surface area contributed by atoms with Crippen LogP contribution in [-0.4, -0.2) is 50.2 Å². The predicted molar refractivity (Wildman–Crippen MR) is 108 cm³/mol. The van der Waals surface area contributed by atoms with Crippen molar-refractivity contribution in [1.82, 2.24) is 9.29 Å². The summed E-state index contributed by atoms with van der Waals surface area (Å²) in [5.41, 5.74) is 1.10. The van der Waals surface area contributed by atoms with Crippen LogP contribution >= 0.6 is 0 Å². The van der Waals surface area contributed by atoms with Gasteiger partial charge in [-0.15, -0.1) is 0 Å². The number of carbonyl (C=O) groups excluding carboxylic acids is 1. The highest BCUT2D eigenvalue weighted by Crippen LogP contribution is 2.28. The molecule has 0 aliphatic carbocycles. The van der Waals surface area contributed by atoms with E-state index in [4.69, 9.17) is 0 Å². The number of rotatable bonds is 6. The van der Waals surface area contributed by atoms with E-state index in [2.05, 4.69) is 16.8 Å². The highest BCUT2D eigenvalue weighted by Gasteiger charge is 2.28. The molecule has 2 aromatic rings. The third-order valence-corrected chi connectivity index (χ3v) is 7.29. The lowest BCUT2D eigenvalue weighted by Crippen LogP contribution is -2.37. The Hall–Kier alpha value is -1.99. The van der Waals surface area contributed by atoms with Gasteiger partial charge in [0.15, 0.2) is 6.29 Å². The van der Waals surface area contributed by atoms with Crippen molar-refractivity contribution in [1.29, 1.82) is 0 Å². The molecule has 0 atom stereocenters. The number of sulfonamides is 1. The molecule has 27 heavy (non-hydrogen) atoms. The number of aromatic nitrogens is 1. The molecular weight excluding hydrogens is 362 g/mol. The summed E-state index contributed by atoms with van der Waals surface area (Å²) in [5, 5.41) is 0.576.